The Morgan fingerprint density at radius 2 is 2.21 bits per heavy atom. The Morgan fingerprint density at radius 1 is 1.47 bits per heavy atom. The number of methoxy groups -OCH3 is 1. The molecule has 0 bridgehead atoms. The second kappa shape index (κ2) is 7.27. The molecular weight excluding hydrogens is 253 g/mol. The van der Waals surface area contributed by atoms with Crippen LogP contribution in [0.4, 0.5) is 4.39 Å². The Balaban J connectivity index is 2.84. The third-order valence-corrected chi connectivity index (χ3v) is 2.25. The molecule has 6 heteroatoms. The summed E-state index contributed by atoms with van der Waals surface area (Å²) in [6.45, 7) is 0.593. The lowest BCUT2D eigenvalue weighted by Crippen LogP contribution is -2.27. The van der Waals surface area contributed by atoms with Crippen molar-refractivity contribution in [3.8, 4) is 0 Å². The maximum Gasteiger partial charge on any atom is 0.328 e. The predicted molar refractivity (Wildman–Crippen MR) is 67.3 cm³/mol. The van der Waals surface area contributed by atoms with Crippen molar-refractivity contribution in [1.82, 2.24) is 5.32 Å². The molecule has 1 amide bonds. The standard InChI is InChI=1S/C13H14FNO4/c1-19-7-6-15-13(18)10-8-9(2-4-11(10)14)3-5-12(16)17/h2-5,8H,6-7H2,1H3,(H,15,18)(H,16,17)/b5-3+. The summed E-state index contributed by atoms with van der Waals surface area (Å²) in [5.74, 6) is -2.35. The fraction of sp³-hybridized carbons (Fsp3) is 0.231. The Hall–Kier alpha value is -2.21. The molecule has 0 fully saturated rings. The van der Waals surface area contributed by atoms with Gasteiger partial charge in [-0.3, -0.25) is 4.79 Å². The van der Waals surface area contributed by atoms with Crippen LogP contribution in [0.5, 0.6) is 0 Å². The predicted octanol–water partition coefficient (Wildman–Crippen LogP) is 1.30. The molecule has 0 unspecified atom stereocenters. The molecule has 1 aromatic rings. The number of halogens is 1. The third kappa shape index (κ3) is 4.89. The van der Waals surface area contributed by atoms with Gasteiger partial charge >= 0.3 is 5.97 Å². The fourth-order valence-electron chi connectivity index (χ4n) is 1.35. The van der Waals surface area contributed by atoms with Crippen LogP contribution in [0.15, 0.2) is 24.3 Å². The number of amides is 1. The number of carbonyl (C=O) groups excluding carboxylic acids is 1. The van der Waals surface area contributed by atoms with Crippen LogP contribution in [0.25, 0.3) is 6.08 Å². The Kier molecular flexibility index (Phi) is 5.69. The van der Waals surface area contributed by atoms with Crippen LogP contribution in [-0.2, 0) is 9.53 Å². The Labute approximate surface area is 109 Å². The summed E-state index contributed by atoms with van der Waals surface area (Å²) in [5, 5.41) is 11.0. The largest absolute Gasteiger partial charge is 0.478 e. The maximum atomic E-state index is 13.5. The number of carboxylic acid groups (broad SMARTS) is 1. The molecular formula is C13H14FNO4. The zero-order valence-electron chi connectivity index (χ0n) is 10.4. The van der Waals surface area contributed by atoms with Crippen molar-refractivity contribution >= 4 is 18.0 Å². The summed E-state index contributed by atoms with van der Waals surface area (Å²) in [7, 11) is 1.49. The summed E-state index contributed by atoms with van der Waals surface area (Å²) in [6.07, 6.45) is 2.20. The molecule has 2 N–H and O–H groups in total. The van der Waals surface area contributed by atoms with Crippen LogP contribution in [0, 0.1) is 5.82 Å². The number of carbonyl (C=O) groups is 2. The average molecular weight is 267 g/mol. The van der Waals surface area contributed by atoms with Crippen molar-refractivity contribution in [1.29, 1.82) is 0 Å². The summed E-state index contributed by atoms with van der Waals surface area (Å²) in [5.41, 5.74) is 0.296. The minimum absolute atomic E-state index is 0.136. The highest BCUT2D eigenvalue weighted by Crippen LogP contribution is 2.12. The van der Waals surface area contributed by atoms with Gasteiger partial charge in [0.1, 0.15) is 5.82 Å². The van der Waals surface area contributed by atoms with Gasteiger partial charge in [-0.15, -0.1) is 0 Å². The van der Waals surface area contributed by atoms with Crippen molar-refractivity contribution in [2.45, 2.75) is 0 Å². The van der Waals surface area contributed by atoms with E-state index in [1.165, 1.54) is 25.3 Å². The van der Waals surface area contributed by atoms with E-state index >= 15 is 0 Å². The number of hydrogen-bond donors (Lipinski definition) is 2. The van der Waals surface area contributed by atoms with Gasteiger partial charge in [-0.05, 0) is 23.8 Å². The minimum atomic E-state index is -1.12. The number of aliphatic carboxylic acids is 1. The van der Waals surface area contributed by atoms with Gasteiger partial charge in [0.25, 0.3) is 5.91 Å². The molecule has 0 saturated heterocycles. The monoisotopic (exact) mass is 267 g/mol. The number of ether oxygens (including phenoxy) is 1. The van der Waals surface area contributed by atoms with E-state index in [0.29, 0.717) is 12.2 Å². The normalized spacial score (nSPS) is 10.6. The average Bonchev–Trinajstić information content (AvgIpc) is 2.37. The molecule has 0 aromatic heterocycles. The molecule has 0 saturated carbocycles. The van der Waals surface area contributed by atoms with Crippen molar-refractivity contribution in [3.63, 3.8) is 0 Å². The van der Waals surface area contributed by atoms with Crippen LogP contribution in [-0.4, -0.2) is 37.2 Å². The summed E-state index contributed by atoms with van der Waals surface area (Å²) < 4.78 is 18.3. The van der Waals surface area contributed by atoms with Gasteiger partial charge in [0.05, 0.1) is 12.2 Å². The first kappa shape index (κ1) is 14.8. The van der Waals surface area contributed by atoms with E-state index in [1.54, 1.807) is 0 Å². The van der Waals surface area contributed by atoms with Gasteiger partial charge in [0, 0.05) is 19.7 Å². The van der Waals surface area contributed by atoms with Gasteiger partial charge in [-0.2, -0.15) is 0 Å². The highest BCUT2D eigenvalue weighted by Gasteiger charge is 2.11. The fourth-order valence-corrected chi connectivity index (χ4v) is 1.35. The Morgan fingerprint density at radius 3 is 2.84 bits per heavy atom. The van der Waals surface area contributed by atoms with Crippen molar-refractivity contribution in [3.05, 3.63) is 41.2 Å². The maximum absolute atomic E-state index is 13.5. The van der Waals surface area contributed by atoms with Crippen LogP contribution in [0.2, 0.25) is 0 Å². The number of rotatable bonds is 6. The first-order valence-electron chi connectivity index (χ1n) is 5.52. The van der Waals surface area contributed by atoms with Crippen molar-refractivity contribution < 1.29 is 23.8 Å². The molecule has 1 rings (SSSR count). The second-order valence-corrected chi connectivity index (χ2v) is 3.66. The molecule has 5 nitrogen and oxygen atoms in total. The first-order valence-corrected chi connectivity index (χ1v) is 5.52. The molecule has 0 aliphatic rings. The molecule has 0 radical (unpaired) electrons. The molecule has 19 heavy (non-hydrogen) atoms. The van der Waals surface area contributed by atoms with E-state index < -0.39 is 17.7 Å². The number of hydrogen-bond acceptors (Lipinski definition) is 3. The second-order valence-electron chi connectivity index (χ2n) is 3.66. The molecule has 102 valence electrons. The van der Waals surface area contributed by atoms with Gasteiger partial charge in [0.2, 0.25) is 0 Å². The number of nitrogens with one attached hydrogen (secondary N) is 1. The third-order valence-electron chi connectivity index (χ3n) is 2.25. The van der Waals surface area contributed by atoms with E-state index in [4.69, 9.17) is 9.84 Å². The van der Waals surface area contributed by atoms with Gasteiger partial charge in [-0.25, -0.2) is 9.18 Å². The van der Waals surface area contributed by atoms with E-state index in [9.17, 15) is 14.0 Å². The Bertz CT molecular complexity index is 499. The van der Waals surface area contributed by atoms with Crippen LogP contribution < -0.4 is 5.32 Å². The van der Waals surface area contributed by atoms with E-state index in [1.807, 2.05) is 0 Å². The highest BCUT2D eigenvalue weighted by molar-refractivity contribution is 5.95. The SMILES string of the molecule is COCCNC(=O)c1cc(/C=C/C(=O)O)ccc1F. The minimum Gasteiger partial charge on any atom is -0.478 e. The summed E-state index contributed by atoms with van der Waals surface area (Å²) >= 11 is 0. The van der Waals surface area contributed by atoms with Gasteiger partial charge < -0.3 is 15.2 Å². The summed E-state index contributed by atoms with van der Waals surface area (Å²) in [6, 6.07) is 3.80. The van der Waals surface area contributed by atoms with E-state index in [2.05, 4.69) is 5.32 Å². The zero-order chi connectivity index (χ0) is 14.3. The smallest absolute Gasteiger partial charge is 0.328 e. The van der Waals surface area contributed by atoms with Crippen LogP contribution in [0.1, 0.15) is 15.9 Å². The molecule has 0 aliphatic heterocycles. The highest BCUT2D eigenvalue weighted by atomic mass is 19.1. The van der Waals surface area contributed by atoms with Gasteiger partial charge in [0.15, 0.2) is 0 Å². The van der Waals surface area contributed by atoms with Crippen molar-refractivity contribution in [2.75, 3.05) is 20.3 Å². The van der Waals surface area contributed by atoms with Crippen LogP contribution in [0.3, 0.4) is 0 Å². The lowest BCUT2D eigenvalue weighted by molar-refractivity contribution is -0.131. The quantitative estimate of drug-likeness (QED) is 0.601. The number of carboxylic acids is 1. The lowest BCUT2D eigenvalue weighted by Gasteiger charge is -2.06. The molecule has 0 spiro atoms. The lowest BCUT2D eigenvalue weighted by atomic mass is 10.1. The molecule has 0 atom stereocenters. The molecule has 1 aromatic carbocycles. The van der Waals surface area contributed by atoms with Crippen LogP contribution >= 0.6 is 0 Å². The van der Waals surface area contributed by atoms with Crippen molar-refractivity contribution in [2.24, 2.45) is 0 Å². The zero-order valence-corrected chi connectivity index (χ0v) is 10.4. The molecule has 0 heterocycles. The van der Waals surface area contributed by atoms with E-state index in [-0.39, 0.29) is 12.1 Å². The first-order chi connectivity index (χ1) is 9.04. The summed E-state index contributed by atoms with van der Waals surface area (Å²) in [4.78, 5) is 22.1. The topological polar surface area (TPSA) is 75.6 Å². The van der Waals surface area contributed by atoms with Gasteiger partial charge in [-0.1, -0.05) is 6.07 Å². The number of benzene rings is 1. The van der Waals surface area contributed by atoms with E-state index in [0.717, 1.165) is 12.1 Å². The molecule has 0 aliphatic carbocycles.